The molecule has 18 nitrogen and oxygen atoms in total. The maximum Gasteiger partial charge on any atom is 0.317 e. The first-order valence-corrected chi connectivity index (χ1v) is 16.8. The summed E-state index contributed by atoms with van der Waals surface area (Å²) < 4.78 is 0.723. The van der Waals surface area contributed by atoms with E-state index in [2.05, 4.69) is 10.3 Å². The highest BCUT2D eigenvalue weighted by Gasteiger charge is 2.36. The number of fused-ring (bicyclic) bond motifs is 1. The average molecular weight is 817 g/mol. The molecule has 1 fully saturated rings. The minimum Gasteiger partial charge on any atom is -0.480 e. The number of pyridine rings is 1. The third-order valence-electron chi connectivity index (χ3n) is 8.24. The Morgan fingerprint density at radius 2 is 1.14 bits per heavy atom. The van der Waals surface area contributed by atoms with Gasteiger partial charge in [-0.05, 0) is 53.6 Å². The van der Waals surface area contributed by atoms with Crippen LogP contribution in [-0.2, 0) is 28.8 Å². The molecule has 0 aliphatic heterocycles. The van der Waals surface area contributed by atoms with E-state index in [1.807, 2.05) is 22.6 Å². The SMILES string of the molecule is O=C(O)CN(CCN(CC(=O)O)[C@H]1CCCC[C@@H]1N(CCN(CC(=O)O)CC(=O)O)CC(=O)Nc1ccc2c(I)cc(=O)[nH]c2c1)CC(=O)O. The standard InChI is InChI=1S/C31H41IN6O12/c32-21-12-25(39)34-22-11-19(5-6-20(21)22)33-26(40)13-37(9-7-35(14-27(41)42)15-28(43)44)23-3-1-2-4-24(23)38(18-31(49)50)10-8-36(16-29(45)46)17-30(47)48/h5-6,11-12,23-24H,1-4,7-10,13-18H2,(H,33,40)(H,34,39)(H,41,42)(H,43,44)(H,45,46)(H,47,48)(H,49,50)/t23-,24-/m0/s1. The highest BCUT2D eigenvalue weighted by molar-refractivity contribution is 14.1. The van der Waals surface area contributed by atoms with Crippen molar-refractivity contribution in [3.05, 3.63) is 38.2 Å². The summed E-state index contributed by atoms with van der Waals surface area (Å²) in [6.45, 7) is -3.02. The first-order chi connectivity index (χ1) is 23.6. The molecule has 0 unspecified atom stereocenters. The minimum absolute atomic E-state index is 0.00626. The van der Waals surface area contributed by atoms with Gasteiger partial charge in [0.15, 0.2) is 0 Å². The number of carboxylic acids is 5. The first kappa shape index (κ1) is 40.3. The summed E-state index contributed by atoms with van der Waals surface area (Å²) in [5.41, 5.74) is 0.585. The summed E-state index contributed by atoms with van der Waals surface area (Å²) in [5.74, 6) is -6.61. The highest BCUT2D eigenvalue weighted by atomic mass is 127. The molecule has 2 atom stereocenters. The number of halogens is 1. The molecule has 0 radical (unpaired) electrons. The molecule has 19 heteroatoms. The predicted molar refractivity (Wildman–Crippen MR) is 186 cm³/mol. The van der Waals surface area contributed by atoms with Gasteiger partial charge in [-0.25, -0.2) is 0 Å². The molecule has 0 spiro atoms. The number of aliphatic carboxylic acids is 5. The van der Waals surface area contributed by atoms with E-state index in [1.54, 1.807) is 28.0 Å². The minimum atomic E-state index is -1.25. The normalized spacial score (nSPS) is 16.3. The van der Waals surface area contributed by atoms with Gasteiger partial charge in [-0.2, -0.15) is 0 Å². The van der Waals surface area contributed by atoms with E-state index < -0.39 is 80.6 Å². The Morgan fingerprint density at radius 1 is 0.680 bits per heavy atom. The van der Waals surface area contributed by atoms with Gasteiger partial charge in [0.05, 0.1) is 44.8 Å². The average Bonchev–Trinajstić information content (AvgIpc) is 2.99. The number of nitrogens with zero attached hydrogens (tertiary/aromatic N) is 4. The van der Waals surface area contributed by atoms with Gasteiger partial charge in [0.1, 0.15) is 0 Å². The van der Waals surface area contributed by atoms with E-state index in [0.717, 1.165) is 15.4 Å². The van der Waals surface area contributed by atoms with E-state index in [-0.39, 0.29) is 38.3 Å². The second-order valence-corrected chi connectivity index (χ2v) is 13.2. The number of benzene rings is 1. The Morgan fingerprint density at radius 3 is 1.60 bits per heavy atom. The van der Waals surface area contributed by atoms with Crippen LogP contribution in [0.25, 0.3) is 10.9 Å². The Balaban J connectivity index is 1.91. The summed E-state index contributed by atoms with van der Waals surface area (Å²) in [6, 6.07) is 5.53. The summed E-state index contributed by atoms with van der Waals surface area (Å²) in [6.07, 6.45) is 2.44. The fraction of sp³-hybridized carbons (Fsp3) is 0.516. The molecular formula is C31H41IN6O12. The number of H-pyrrole nitrogens is 1. The number of hydrogen-bond acceptors (Lipinski definition) is 11. The largest absolute Gasteiger partial charge is 0.480 e. The zero-order valence-corrected chi connectivity index (χ0v) is 29.3. The maximum atomic E-state index is 13.6. The number of nitrogens with one attached hydrogen (secondary N) is 2. The van der Waals surface area contributed by atoms with Gasteiger partial charge in [0.25, 0.3) is 0 Å². The number of rotatable bonds is 21. The van der Waals surface area contributed by atoms with Gasteiger partial charge in [0.2, 0.25) is 11.5 Å². The van der Waals surface area contributed by atoms with Gasteiger partial charge < -0.3 is 35.8 Å². The molecule has 274 valence electrons. The Labute approximate surface area is 299 Å². The molecule has 3 rings (SSSR count). The molecule has 1 aliphatic rings. The van der Waals surface area contributed by atoms with Crippen molar-refractivity contribution in [2.45, 2.75) is 37.8 Å². The zero-order valence-electron chi connectivity index (χ0n) is 27.1. The van der Waals surface area contributed by atoms with E-state index in [0.29, 0.717) is 30.5 Å². The third-order valence-corrected chi connectivity index (χ3v) is 9.13. The van der Waals surface area contributed by atoms with E-state index >= 15 is 0 Å². The molecule has 1 aliphatic carbocycles. The van der Waals surface area contributed by atoms with Crippen molar-refractivity contribution in [1.82, 2.24) is 24.6 Å². The van der Waals surface area contributed by atoms with Crippen molar-refractivity contribution in [2.75, 3.05) is 70.8 Å². The van der Waals surface area contributed by atoms with Crippen molar-refractivity contribution in [3.63, 3.8) is 0 Å². The number of hydrogen-bond donors (Lipinski definition) is 7. The molecular weight excluding hydrogens is 775 g/mol. The highest BCUT2D eigenvalue weighted by Crippen LogP contribution is 2.28. The number of carboxylic acid groups (broad SMARTS) is 5. The third kappa shape index (κ3) is 13.3. The lowest BCUT2D eigenvalue weighted by atomic mass is 9.87. The zero-order chi connectivity index (χ0) is 37.0. The van der Waals surface area contributed by atoms with Crippen LogP contribution in [0.1, 0.15) is 25.7 Å². The van der Waals surface area contributed by atoms with Crippen molar-refractivity contribution in [1.29, 1.82) is 0 Å². The van der Waals surface area contributed by atoms with Crippen LogP contribution in [0.5, 0.6) is 0 Å². The lowest BCUT2D eigenvalue weighted by Gasteiger charge is -2.45. The van der Waals surface area contributed by atoms with Crippen LogP contribution in [0.4, 0.5) is 5.69 Å². The van der Waals surface area contributed by atoms with E-state index in [4.69, 9.17) is 0 Å². The van der Waals surface area contributed by atoms with Crippen molar-refractivity contribution in [3.8, 4) is 0 Å². The van der Waals surface area contributed by atoms with Gasteiger partial charge in [0, 0.05) is 59.0 Å². The molecule has 1 heterocycles. The summed E-state index contributed by atoms with van der Waals surface area (Å²) in [4.78, 5) is 91.8. The van der Waals surface area contributed by atoms with Gasteiger partial charge in [-0.3, -0.25) is 53.2 Å². The van der Waals surface area contributed by atoms with Crippen LogP contribution >= 0.6 is 22.6 Å². The van der Waals surface area contributed by atoms with Crippen molar-refractivity contribution in [2.24, 2.45) is 0 Å². The van der Waals surface area contributed by atoms with Crippen molar-refractivity contribution >= 4 is 74.9 Å². The molecule has 7 N–H and O–H groups in total. The Bertz CT molecular complexity index is 1590. The maximum absolute atomic E-state index is 13.6. The lowest BCUT2D eigenvalue weighted by molar-refractivity contribution is -0.144. The summed E-state index contributed by atoms with van der Waals surface area (Å²) in [5, 5.41) is 50.7. The Hall–Kier alpha value is -4.18. The molecule has 1 saturated carbocycles. The first-order valence-electron chi connectivity index (χ1n) is 15.8. The number of carbonyl (C=O) groups is 6. The topological polar surface area (TPSA) is 261 Å². The monoisotopic (exact) mass is 816 g/mol. The van der Waals surface area contributed by atoms with Gasteiger partial charge in [-0.15, -0.1) is 0 Å². The van der Waals surface area contributed by atoms with Crippen LogP contribution in [-0.4, -0.2) is 163 Å². The second-order valence-electron chi connectivity index (χ2n) is 12.0. The quantitative estimate of drug-likeness (QED) is 0.0819. The van der Waals surface area contributed by atoms with Gasteiger partial charge >= 0.3 is 29.8 Å². The molecule has 2 aromatic rings. The molecule has 0 bridgehead atoms. The number of aromatic nitrogens is 1. The van der Waals surface area contributed by atoms with E-state index in [1.165, 1.54) is 15.9 Å². The number of anilines is 1. The van der Waals surface area contributed by atoms with Crippen LogP contribution in [0.15, 0.2) is 29.1 Å². The summed E-state index contributed by atoms with van der Waals surface area (Å²) >= 11 is 2.04. The van der Waals surface area contributed by atoms with E-state index in [9.17, 15) is 59.1 Å². The molecule has 1 aromatic carbocycles. The van der Waals surface area contributed by atoms with Crippen LogP contribution in [0.3, 0.4) is 0 Å². The molecule has 50 heavy (non-hydrogen) atoms. The fourth-order valence-corrected chi connectivity index (χ4v) is 7.01. The van der Waals surface area contributed by atoms with Crippen molar-refractivity contribution < 1.29 is 54.3 Å². The van der Waals surface area contributed by atoms with Gasteiger partial charge in [-0.1, -0.05) is 12.8 Å². The van der Waals surface area contributed by atoms with Crippen LogP contribution in [0.2, 0.25) is 0 Å². The smallest absolute Gasteiger partial charge is 0.317 e. The molecule has 0 saturated heterocycles. The van der Waals surface area contributed by atoms with Crippen LogP contribution < -0.4 is 10.9 Å². The predicted octanol–water partition coefficient (Wildman–Crippen LogP) is 0.0134. The lowest BCUT2D eigenvalue weighted by Crippen LogP contribution is -2.58. The summed E-state index contributed by atoms with van der Waals surface area (Å²) in [7, 11) is 0. The Kier molecular flexibility index (Phi) is 15.5. The molecule has 1 amide bonds. The number of aromatic amines is 1. The number of amides is 1. The number of carbonyl (C=O) groups excluding carboxylic acids is 1. The molecule has 1 aromatic heterocycles. The fourth-order valence-electron chi connectivity index (χ4n) is 6.25. The second kappa shape index (κ2) is 19.3. The van der Waals surface area contributed by atoms with Crippen LogP contribution in [0, 0.1) is 3.57 Å².